The van der Waals surface area contributed by atoms with Gasteiger partial charge in [0.05, 0.1) is 5.69 Å². The number of anilines is 2. The van der Waals surface area contributed by atoms with Crippen LogP contribution in [0.2, 0.25) is 0 Å². The van der Waals surface area contributed by atoms with Gasteiger partial charge in [-0.2, -0.15) is 0 Å². The maximum absolute atomic E-state index is 13.7. The van der Waals surface area contributed by atoms with E-state index in [-0.39, 0.29) is 5.82 Å². The molecule has 0 spiro atoms. The minimum atomic E-state index is -0.332. The van der Waals surface area contributed by atoms with Gasteiger partial charge in [-0.1, -0.05) is 22.9 Å². The lowest BCUT2D eigenvalue weighted by molar-refractivity contribution is 0.631. The maximum atomic E-state index is 13.7. The lowest BCUT2D eigenvalue weighted by Gasteiger charge is -2.09. The number of aryl methyl sites for hydroxylation is 1. The Bertz CT molecular complexity index is 590. The van der Waals surface area contributed by atoms with Crippen LogP contribution in [-0.4, -0.2) is 9.97 Å². The fourth-order valence-corrected chi connectivity index (χ4v) is 2.35. The van der Waals surface area contributed by atoms with Crippen molar-refractivity contribution < 1.29 is 4.39 Å². The van der Waals surface area contributed by atoms with Gasteiger partial charge in [0.15, 0.2) is 0 Å². The van der Waals surface area contributed by atoms with E-state index in [1.165, 1.54) is 6.07 Å². The molecule has 6 heteroatoms. The van der Waals surface area contributed by atoms with E-state index < -0.39 is 0 Å². The topological polar surface area (TPSA) is 37.8 Å². The van der Waals surface area contributed by atoms with Crippen LogP contribution < -0.4 is 5.32 Å². The van der Waals surface area contributed by atoms with Gasteiger partial charge in [-0.05, 0) is 40.5 Å². The van der Waals surface area contributed by atoms with Crippen molar-refractivity contribution in [3.05, 3.63) is 45.0 Å². The van der Waals surface area contributed by atoms with E-state index in [9.17, 15) is 4.39 Å². The van der Waals surface area contributed by atoms with Crippen molar-refractivity contribution in [1.82, 2.24) is 9.97 Å². The second kappa shape index (κ2) is 6.43. The minimum absolute atomic E-state index is 0.332. The fourth-order valence-electron chi connectivity index (χ4n) is 1.59. The Morgan fingerprint density at radius 2 is 2.00 bits per heavy atom. The molecule has 0 amide bonds. The molecule has 0 radical (unpaired) electrons. The zero-order chi connectivity index (χ0) is 13.8. The summed E-state index contributed by atoms with van der Waals surface area (Å²) in [6.07, 6.45) is 1.75. The lowest BCUT2D eigenvalue weighted by Crippen LogP contribution is -2.01. The Balaban J connectivity index is 2.27. The molecule has 0 fully saturated rings. The summed E-state index contributed by atoms with van der Waals surface area (Å²) in [5.41, 5.74) is 0.385. The number of nitrogens with one attached hydrogen (secondary N) is 1. The molecule has 3 nitrogen and oxygen atoms in total. The molecule has 1 aromatic carbocycles. The van der Waals surface area contributed by atoms with Gasteiger partial charge in [-0.15, -0.1) is 0 Å². The van der Waals surface area contributed by atoms with Gasteiger partial charge < -0.3 is 5.32 Å². The van der Waals surface area contributed by atoms with Crippen LogP contribution in [0.3, 0.4) is 0 Å². The van der Waals surface area contributed by atoms with Crippen LogP contribution >= 0.6 is 31.9 Å². The highest BCUT2D eigenvalue weighted by Crippen LogP contribution is 2.23. The Labute approximate surface area is 127 Å². The molecule has 2 rings (SSSR count). The molecule has 0 saturated heterocycles. The minimum Gasteiger partial charge on any atom is -0.338 e. The Morgan fingerprint density at radius 1 is 1.21 bits per heavy atom. The van der Waals surface area contributed by atoms with E-state index in [0.29, 0.717) is 20.6 Å². The number of hydrogen-bond donors (Lipinski definition) is 1. The van der Waals surface area contributed by atoms with Crippen LogP contribution in [0.5, 0.6) is 0 Å². The highest BCUT2D eigenvalue weighted by molar-refractivity contribution is 9.10. The van der Waals surface area contributed by atoms with Gasteiger partial charge in [0.25, 0.3) is 0 Å². The summed E-state index contributed by atoms with van der Waals surface area (Å²) in [6.45, 7) is 2.06. The van der Waals surface area contributed by atoms with Gasteiger partial charge in [0.1, 0.15) is 22.1 Å². The number of halogens is 3. The van der Waals surface area contributed by atoms with Crippen molar-refractivity contribution in [3.63, 3.8) is 0 Å². The molecule has 2 aromatic rings. The predicted octanol–water partition coefficient (Wildman–Crippen LogP) is 4.84. The van der Waals surface area contributed by atoms with Gasteiger partial charge in [0.2, 0.25) is 0 Å². The average Bonchev–Trinajstić information content (AvgIpc) is 2.32. The summed E-state index contributed by atoms with van der Waals surface area (Å²) < 4.78 is 15.1. The third-order valence-electron chi connectivity index (χ3n) is 2.41. The molecule has 0 atom stereocenters. The van der Waals surface area contributed by atoms with Crippen LogP contribution in [0.1, 0.15) is 19.2 Å². The van der Waals surface area contributed by atoms with Gasteiger partial charge >= 0.3 is 0 Å². The first-order valence-corrected chi connectivity index (χ1v) is 7.42. The molecule has 19 heavy (non-hydrogen) atoms. The molecule has 0 aliphatic heterocycles. The Morgan fingerprint density at radius 3 is 2.68 bits per heavy atom. The molecular formula is C13H12Br2FN3. The van der Waals surface area contributed by atoms with Crippen molar-refractivity contribution in [2.24, 2.45) is 0 Å². The van der Waals surface area contributed by atoms with Crippen LogP contribution in [0, 0.1) is 5.82 Å². The van der Waals surface area contributed by atoms with Crippen LogP contribution in [0.15, 0.2) is 33.3 Å². The molecule has 0 saturated carbocycles. The normalized spacial score (nSPS) is 10.5. The van der Waals surface area contributed by atoms with Gasteiger partial charge in [-0.3, -0.25) is 0 Å². The van der Waals surface area contributed by atoms with Crippen molar-refractivity contribution in [2.45, 2.75) is 19.8 Å². The van der Waals surface area contributed by atoms with Crippen LogP contribution in [0.4, 0.5) is 15.9 Å². The van der Waals surface area contributed by atoms with Crippen LogP contribution in [-0.2, 0) is 6.42 Å². The largest absolute Gasteiger partial charge is 0.338 e. The van der Waals surface area contributed by atoms with Crippen molar-refractivity contribution in [3.8, 4) is 0 Å². The van der Waals surface area contributed by atoms with E-state index >= 15 is 0 Å². The SMILES string of the molecule is CCCc1nc(Br)cc(Nc2ccc(Br)cc2F)n1. The van der Waals surface area contributed by atoms with E-state index in [1.807, 2.05) is 0 Å². The molecular weight excluding hydrogens is 377 g/mol. The summed E-state index contributed by atoms with van der Waals surface area (Å²) in [5.74, 6) is 0.976. The lowest BCUT2D eigenvalue weighted by atomic mass is 10.3. The van der Waals surface area contributed by atoms with Gasteiger partial charge in [-0.25, -0.2) is 14.4 Å². The molecule has 1 heterocycles. The average molecular weight is 389 g/mol. The summed E-state index contributed by atoms with van der Waals surface area (Å²) in [4.78, 5) is 8.62. The number of benzene rings is 1. The van der Waals surface area contributed by atoms with Crippen molar-refractivity contribution in [1.29, 1.82) is 0 Å². The zero-order valence-corrected chi connectivity index (χ0v) is 13.4. The first-order chi connectivity index (χ1) is 9.08. The smallest absolute Gasteiger partial charge is 0.147 e. The maximum Gasteiger partial charge on any atom is 0.147 e. The predicted molar refractivity (Wildman–Crippen MR) is 81.1 cm³/mol. The number of aromatic nitrogens is 2. The second-order valence-electron chi connectivity index (χ2n) is 3.99. The second-order valence-corrected chi connectivity index (χ2v) is 5.72. The zero-order valence-electron chi connectivity index (χ0n) is 10.3. The summed E-state index contributed by atoms with van der Waals surface area (Å²) in [6, 6.07) is 6.57. The highest BCUT2D eigenvalue weighted by Gasteiger charge is 2.06. The monoisotopic (exact) mass is 387 g/mol. The van der Waals surface area contributed by atoms with E-state index in [1.54, 1.807) is 18.2 Å². The standard InChI is InChI=1S/C13H12Br2FN3/c1-2-3-12-18-11(15)7-13(19-12)17-10-5-4-8(14)6-9(10)16/h4-7H,2-3H2,1H3,(H,17,18,19). The Kier molecular flexibility index (Phi) is 4.87. The van der Waals surface area contributed by atoms with E-state index in [2.05, 4.69) is 54.1 Å². The third-order valence-corrected chi connectivity index (χ3v) is 3.31. The van der Waals surface area contributed by atoms with Crippen molar-refractivity contribution >= 4 is 43.4 Å². The molecule has 0 unspecified atom stereocenters. The van der Waals surface area contributed by atoms with Crippen molar-refractivity contribution in [2.75, 3.05) is 5.32 Å². The first kappa shape index (κ1) is 14.4. The summed E-state index contributed by atoms with van der Waals surface area (Å²) >= 11 is 6.56. The van der Waals surface area contributed by atoms with Crippen LogP contribution in [0.25, 0.3) is 0 Å². The van der Waals surface area contributed by atoms with Gasteiger partial charge in [0, 0.05) is 17.0 Å². The summed E-state index contributed by atoms with van der Waals surface area (Å²) in [5, 5.41) is 2.96. The van der Waals surface area contributed by atoms with E-state index in [4.69, 9.17) is 0 Å². The highest BCUT2D eigenvalue weighted by atomic mass is 79.9. The molecule has 1 N–H and O–H groups in total. The first-order valence-electron chi connectivity index (χ1n) is 5.84. The quantitative estimate of drug-likeness (QED) is 0.761. The molecule has 1 aromatic heterocycles. The molecule has 0 aliphatic carbocycles. The van der Waals surface area contributed by atoms with E-state index in [0.717, 1.165) is 18.7 Å². The number of hydrogen-bond acceptors (Lipinski definition) is 3. The summed E-state index contributed by atoms with van der Waals surface area (Å²) in [7, 11) is 0. The number of rotatable bonds is 4. The number of nitrogens with zero attached hydrogens (tertiary/aromatic N) is 2. The molecule has 100 valence electrons. The molecule has 0 bridgehead atoms. The third kappa shape index (κ3) is 3.98. The fraction of sp³-hybridized carbons (Fsp3) is 0.231. The Hall–Kier alpha value is -1.01. The molecule has 0 aliphatic rings.